The molecule has 0 saturated carbocycles. The van der Waals surface area contributed by atoms with Gasteiger partial charge in [-0.3, -0.25) is 9.59 Å². The molecule has 0 radical (unpaired) electrons. The summed E-state index contributed by atoms with van der Waals surface area (Å²) in [7, 11) is -10.3. The lowest BCUT2D eigenvalue weighted by Gasteiger charge is -2.40. The average molecular weight is 489 g/mol. The van der Waals surface area contributed by atoms with Crippen molar-refractivity contribution in [3.63, 3.8) is 0 Å². The van der Waals surface area contributed by atoms with Gasteiger partial charge in [-0.15, -0.1) is 5.10 Å². The number of hydrazine groups is 1. The zero-order valence-electron chi connectivity index (χ0n) is 16.8. The van der Waals surface area contributed by atoms with Crippen LogP contribution in [0.3, 0.4) is 0 Å². The zero-order valence-corrected chi connectivity index (χ0v) is 17.6. The lowest BCUT2D eigenvalue weighted by molar-refractivity contribution is -0.148. The van der Waals surface area contributed by atoms with Crippen molar-refractivity contribution < 1.29 is 37.8 Å². The molecule has 178 valence electrons. The van der Waals surface area contributed by atoms with Crippen molar-refractivity contribution in [2.45, 2.75) is 32.1 Å². The molecule has 0 aliphatic carbocycles. The molecule has 0 saturated heterocycles. The molecule has 2 N–H and O–H groups in total. The van der Waals surface area contributed by atoms with E-state index in [-0.39, 0.29) is 12.1 Å². The quantitative estimate of drug-likeness (QED) is 0.203. The summed E-state index contributed by atoms with van der Waals surface area (Å²) in [4.78, 5) is 25.0. The van der Waals surface area contributed by atoms with Crippen LogP contribution in [0.1, 0.15) is 32.8 Å². The van der Waals surface area contributed by atoms with Gasteiger partial charge in [0.15, 0.2) is 5.82 Å². The second kappa shape index (κ2) is 7.30. The van der Waals surface area contributed by atoms with E-state index >= 15 is 0 Å². The standard InChI is InChI=1S/C17H18F7N5O2S/c1-17(2,3)16(31)29(25)13(30)4-5-28-9-26-15(27-28)11-6-10(14(18)19)7-12(8-11)32(20,21,22,23)24/h4-9,14H,25H2,1-3H3/b5-4-. The average Bonchev–Trinajstić information content (AvgIpc) is 3.11. The molecule has 0 aliphatic rings. The van der Waals surface area contributed by atoms with Crippen molar-refractivity contribution in [1.29, 1.82) is 0 Å². The van der Waals surface area contributed by atoms with Crippen molar-refractivity contribution in [3.8, 4) is 11.4 Å². The second-order valence-electron chi connectivity index (χ2n) is 7.69. The number of carbonyl (C=O) groups excluding carboxylic acids is 2. The Morgan fingerprint density at radius 3 is 2.22 bits per heavy atom. The zero-order chi connectivity index (χ0) is 24.8. The fraction of sp³-hybridized carbons (Fsp3) is 0.294. The number of hydrogen-bond acceptors (Lipinski definition) is 5. The van der Waals surface area contributed by atoms with Gasteiger partial charge in [-0.2, -0.15) is 0 Å². The first-order chi connectivity index (χ1) is 14.2. The maximum atomic E-state index is 13.1. The molecule has 1 aromatic carbocycles. The third-order valence-electron chi connectivity index (χ3n) is 3.86. The molecule has 0 bridgehead atoms. The first kappa shape index (κ1) is 25.3. The smallest absolute Gasteiger partial charge is 0.272 e. The number of nitrogens with two attached hydrogens (primary N) is 1. The number of alkyl halides is 2. The number of aromatic nitrogens is 3. The van der Waals surface area contributed by atoms with Crippen LogP contribution in [0.15, 0.2) is 35.5 Å². The molecule has 0 spiro atoms. The van der Waals surface area contributed by atoms with E-state index in [1.54, 1.807) is 0 Å². The highest BCUT2D eigenvalue weighted by Gasteiger charge is 2.65. The highest BCUT2D eigenvalue weighted by Crippen LogP contribution is 3.02. The van der Waals surface area contributed by atoms with Gasteiger partial charge in [0.25, 0.3) is 12.3 Å². The predicted octanol–water partition coefficient (Wildman–Crippen LogP) is 5.29. The van der Waals surface area contributed by atoms with Crippen molar-refractivity contribution in [1.82, 2.24) is 19.8 Å². The van der Waals surface area contributed by atoms with Crippen molar-refractivity contribution >= 4 is 28.2 Å². The van der Waals surface area contributed by atoms with Crippen LogP contribution in [0.2, 0.25) is 0 Å². The molecule has 0 unspecified atom stereocenters. The Morgan fingerprint density at radius 2 is 1.72 bits per heavy atom. The first-order valence-corrected chi connectivity index (χ1v) is 10.5. The minimum Gasteiger partial charge on any atom is -0.272 e. The molecule has 2 aromatic rings. The molecule has 32 heavy (non-hydrogen) atoms. The van der Waals surface area contributed by atoms with Gasteiger partial charge >= 0.3 is 10.2 Å². The Hall–Kier alpha value is -2.94. The summed E-state index contributed by atoms with van der Waals surface area (Å²) >= 11 is 0. The van der Waals surface area contributed by atoms with Crippen molar-refractivity contribution in [2.75, 3.05) is 0 Å². The highest BCUT2D eigenvalue weighted by molar-refractivity contribution is 8.45. The fourth-order valence-electron chi connectivity index (χ4n) is 2.26. The number of halogens is 7. The van der Waals surface area contributed by atoms with E-state index < -0.39 is 55.7 Å². The molecule has 15 heteroatoms. The number of carbonyl (C=O) groups is 2. The van der Waals surface area contributed by atoms with Gasteiger partial charge in [0.1, 0.15) is 11.2 Å². The number of amides is 2. The van der Waals surface area contributed by atoms with E-state index in [1.807, 2.05) is 0 Å². The molecule has 7 nitrogen and oxygen atoms in total. The lowest BCUT2D eigenvalue weighted by Crippen LogP contribution is -2.47. The van der Waals surface area contributed by atoms with Crippen molar-refractivity contribution in [2.24, 2.45) is 11.3 Å². The normalized spacial score (nSPS) is 15.0. The third kappa shape index (κ3) is 6.06. The van der Waals surface area contributed by atoms with Gasteiger partial charge in [-0.1, -0.05) is 40.2 Å². The minimum atomic E-state index is -10.3. The molecule has 1 heterocycles. The summed E-state index contributed by atoms with van der Waals surface area (Å²) < 4.78 is 92.5. The summed E-state index contributed by atoms with van der Waals surface area (Å²) in [6, 6.07) is 0.175. The molecule has 0 fully saturated rings. The summed E-state index contributed by atoms with van der Waals surface area (Å²) in [6.45, 7) is 4.55. The number of imide groups is 1. The maximum Gasteiger partial charge on any atom is 0.310 e. The molecule has 0 aliphatic heterocycles. The molecule has 1 aromatic heterocycles. The number of benzene rings is 1. The Kier molecular flexibility index (Phi) is 5.77. The third-order valence-corrected chi connectivity index (χ3v) is 4.99. The fourth-order valence-corrected chi connectivity index (χ4v) is 2.97. The summed E-state index contributed by atoms with van der Waals surface area (Å²) in [5.41, 5.74) is -3.00. The van der Waals surface area contributed by atoms with Gasteiger partial charge in [0.2, 0.25) is 5.91 Å². The summed E-state index contributed by atoms with van der Waals surface area (Å²) in [5, 5.41) is 3.99. The monoisotopic (exact) mass is 489 g/mol. The predicted molar refractivity (Wildman–Crippen MR) is 103 cm³/mol. The molecule has 2 amide bonds. The van der Waals surface area contributed by atoms with Crippen LogP contribution in [-0.2, 0) is 9.59 Å². The Morgan fingerprint density at radius 1 is 1.12 bits per heavy atom. The van der Waals surface area contributed by atoms with Crippen LogP contribution in [-0.4, -0.2) is 31.6 Å². The largest absolute Gasteiger partial charge is 0.310 e. The summed E-state index contributed by atoms with van der Waals surface area (Å²) in [6.07, 6.45) is -0.876. The maximum absolute atomic E-state index is 13.1. The topological polar surface area (TPSA) is 94.1 Å². The summed E-state index contributed by atoms with van der Waals surface area (Å²) in [5.74, 6) is 3.16. The molecule has 2 rings (SSSR count). The van der Waals surface area contributed by atoms with Crippen LogP contribution < -0.4 is 5.84 Å². The number of rotatable bonds is 5. The van der Waals surface area contributed by atoms with Crippen LogP contribution in [0.25, 0.3) is 17.6 Å². The lowest BCUT2D eigenvalue weighted by atomic mass is 9.95. The van der Waals surface area contributed by atoms with E-state index in [1.165, 1.54) is 20.8 Å². The van der Waals surface area contributed by atoms with E-state index in [2.05, 4.69) is 10.1 Å². The second-order valence-corrected chi connectivity index (χ2v) is 10.1. The van der Waals surface area contributed by atoms with Gasteiger partial charge in [-0.25, -0.2) is 29.3 Å². The SMILES string of the molecule is CC(C)(C)C(=O)N(N)C(=O)/C=C\n1cnc(-c2cc(C(F)F)cc(S(F)(F)(F)(F)F)c2)n1. The van der Waals surface area contributed by atoms with Gasteiger partial charge < -0.3 is 0 Å². The van der Waals surface area contributed by atoms with Crippen molar-refractivity contribution in [3.05, 3.63) is 36.2 Å². The number of hydrogen-bond donors (Lipinski definition) is 1. The molecular weight excluding hydrogens is 471 g/mol. The molecular formula is C17H18F7N5O2S. The van der Waals surface area contributed by atoms with E-state index in [4.69, 9.17) is 5.84 Å². The van der Waals surface area contributed by atoms with Gasteiger partial charge in [0.05, 0.1) is 0 Å². The van der Waals surface area contributed by atoms with Gasteiger partial charge in [0, 0.05) is 28.8 Å². The van der Waals surface area contributed by atoms with E-state index in [0.29, 0.717) is 11.1 Å². The van der Waals surface area contributed by atoms with Crippen LogP contribution >= 0.6 is 10.2 Å². The van der Waals surface area contributed by atoms with E-state index in [9.17, 15) is 37.8 Å². The van der Waals surface area contributed by atoms with Gasteiger partial charge in [-0.05, 0) is 18.2 Å². The highest BCUT2D eigenvalue weighted by atomic mass is 32.5. The first-order valence-electron chi connectivity index (χ1n) is 8.59. The van der Waals surface area contributed by atoms with Crippen LogP contribution in [0, 0.1) is 5.41 Å². The van der Waals surface area contributed by atoms with E-state index in [0.717, 1.165) is 23.3 Å². The Bertz CT molecular complexity index is 1090. The number of nitrogens with zero attached hydrogens (tertiary/aromatic N) is 4. The van der Waals surface area contributed by atoms with Crippen LogP contribution in [0.4, 0.5) is 28.2 Å². The minimum absolute atomic E-state index is 0.0361. The van der Waals surface area contributed by atoms with Crippen LogP contribution in [0.5, 0.6) is 0 Å². The Labute approximate surface area is 177 Å². The molecule has 0 atom stereocenters. The Balaban J connectivity index is 2.38.